The van der Waals surface area contributed by atoms with Crippen LogP contribution in [-0.2, 0) is 5.75 Å². The second-order valence-corrected chi connectivity index (χ2v) is 4.47. The van der Waals surface area contributed by atoms with Crippen molar-refractivity contribution in [2.24, 2.45) is 5.73 Å². The molecule has 2 nitrogen and oxygen atoms in total. The van der Waals surface area contributed by atoms with Gasteiger partial charge >= 0.3 is 0 Å². The van der Waals surface area contributed by atoms with Crippen molar-refractivity contribution in [3.63, 3.8) is 0 Å². The van der Waals surface area contributed by atoms with Gasteiger partial charge in [0, 0.05) is 11.0 Å². The molecule has 0 aliphatic heterocycles. The standard InChI is InChI=1S/C11H17NOS/c12-7-6-11(8-13)14-9-10-4-2-1-3-5-10/h1-5,11,13H,6-9,12H2. The molecule has 0 aromatic heterocycles. The molecule has 0 fully saturated rings. The van der Waals surface area contributed by atoms with Crippen LogP contribution in [0.3, 0.4) is 0 Å². The third kappa shape index (κ3) is 4.13. The highest BCUT2D eigenvalue weighted by Gasteiger charge is 2.06. The predicted octanol–water partition coefficient (Wildman–Crippen LogP) is 1.63. The summed E-state index contributed by atoms with van der Waals surface area (Å²) in [5, 5.41) is 9.34. The fourth-order valence-electron chi connectivity index (χ4n) is 1.20. The molecule has 3 N–H and O–H groups in total. The third-order valence-corrected chi connectivity index (χ3v) is 3.38. The van der Waals surface area contributed by atoms with Gasteiger partial charge in [-0.05, 0) is 18.5 Å². The summed E-state index contributed by atoms with van der Waals surface area (Å²) in [5.74, 6) is 0.950. The highest BCUT2D eigenvalue weighted by molar-refractivity contribution is 7.99. The number of aliphatic hydroxyl groups excluding tert-OH is 1. The summed E-state index contributed by atoms with van der Waals surface area (Å²) in [6.45, 7) is 0.863. The van der Waals surface area contributed by atoms with Gasteiger partial charge in [0.1, 0.15) is 0 Å². The molecule has 78 valence electrons. The normalized spacial score (nSPS) is 12.7. The first-order valence-electron chi connectivity index (χ1n) is 4.83. The quantitative estimate of drug-likeness (QED) is 0.752. The summed E-state index contributed by atoms with van der Waals surface area (Å²) in [7, 11) is 0. The Bertz CT molecular complexity index is 240. The Balaban J connectivity index is 2.32. The maximum Gasteiger partial charge on any atom is 0.0550 e. The molecule has 1 rings (SSSR count). The Morgan fingerprint density at radius 2 is 2.00 bits per heavy atom. The van der Waals surface area contributed by atoms with E-state index in [1.54, 1.807) is 11.8 Å². The molecule has 0 aliphatic rings. The number of nitrogens with two attached hydrogens (primary N) is 1. The monoisotopic (exact) mass is 211 g/mol. The maximum absolute atomic E-state index is 9.06. The highest BCUT2D eigenvalue weighted by atomic mass is 32.2. The fraction of sp³-hybridized carbons (Fsp3) is 0.455. The van der Waals surface area contributed by atoms with E-state index in [-0.39, 0.29) is 11.9 Å². The van der Waals surface area contributed by atoms with Crippen molar-refractivity contribution in [2.75, 3.05) is 13.2 Å². The van der Waals surface area contributed by atoms with Crippen LogP contribution in [0.25, 0.3) is 0 Å². The van der Waals surface area contributed by atoms with Gasteiger partial charge in [-0.25, -0.2) is 0 Å². The summed E-state index contributed by atoms with van der Waals surface area (Å²) in [6.07, 6.45) is 0.883. The molecule has 0 spiro atoms. The fourth-order valence-corrected chi connectivity index (χ4v) is 2.23. The number of hydrogen-bond donors (Lipinski definition) is 2. The Morgan fingerprint density at radius 1 is 1.29 bits per heavy atom. The van der Waals surface area contributed by atoms with Gasteiger partial charge in [0.05, 0.1) is 6.61 Å². The molecule has 1 unspecified atom stereocenters. The Hall–Kier alpha value is -0.510. The van der Waals surface area contributed by atoms with Crippen LogP contribution in [0.2, 0.25) is 0 Å². The van der Waals surface area contributed by atoms with Crippen molar-refractivity contribution in [3.8, 4) is 0 Å². The molecule has 0 amide bonds. The third-order valence-electron chi connectivity index (χ3n) is 2.02. The second-order valence-electron chi connectivity index (χ2n) is 3.18. The van der Waals surface area contributed by atoms with Crippen LogP contribution in [0.15, 0.2) is 30.3 Å². The summed E-state index contributed by atoms with van der Waals surface area (Å²) >= 11 is 1.77. The number of hydrogen-bond acceptors (Lipinski definition) is 3. The first kappa shape index (κ1) is 11.6. The lowest BCUT2D eigenvalue weighted by molar-refractivity contribution is 0.291. The second kappa shape index (κ2) is 6.87. The van der Waals surface area contributed by atoms with Gasteiger partial charge < -0.3 is 10.8 Å². The minimum Gasteiger partial charge on any atom is -0.395 e. The lowest BCUT2D eigenvalue weighted by atomic mass is 10.2. The van der Waals surface area contributed by atoms with Gasteiger partial charge in [-0.15, -0.1) is 0 Å². The molecular formula is C11H17NOS. The number of thioether (sulfide) groups is 1. The molecule has 14 heavy (non-hydrogen) atoms. The van der Waals surface area contributed by atoms with Crippen LogP contribution < -0.4 is 5.73 Å². The molecule has 0 bridgehead atoms. The molecule has 1 aromatic carbocycles. The summed E-state index contributed by atoms with van der Waals surface area (Å²) < 4.78 is 0. The highest BCUT2D eigenvalue weighted by Crippen LogP contribution is 2.19. The van der Waals surface area contributed by atoms with Gasteiger partial charge in [0.2, 0.25) is 0 Å². The zero-order valence-corrected chi connectivity index (χ0v) is 9.04. The van der Waals surface area contributed by atoms with Gasteiger partial charge in [0.15, 0.2) is 0 Å². The van der Waals surface area contributed by atoms with Gasteiger partial charge in [-0.1, -0.05) is 30.3 Å². The Labute approximate surface area is 89.5 Å². The lowest BCUT2D eigenvalue weighted by Crippen LogP contribution is -2.14. The first-order chi connectivity index (χ1) is 6.86. The van der Waals surface area contributed by atoms with E-state index in [0.717, 1.165) is 12.2 Å². The molecule has 0 radical (unpaired) electrons. The molecule has 0 heterocycles. The van der Waals surface area contributed by atoms with Crippen molar-refractivity contribution in [2.45, 2.75) is 17.4 Å². The average molecular weight is 211 g/mol. The SMILES string of the molecule is NCCC(CO)SCc1ccccc1. The topological polar surface area (TPSA) is 46.2 Å². The van der Waals surface area contributed by atoms with E-state index in [4.69, 9.17) is 10.8 Å². The zero-order chi connectivity index (χ0) is 10.2. The molecule has 0 aliphatic carbocycles. The van der Waals surface area contributed by atoms with E-state index < -0.39 is 0 Å². The number of benzene rings is 1. The van der Waals surface area contributed by atoms with Crippen LogP contribution in [0, 0.1) is 0 Å². The minimum absolute atomic E-state index is 0.217. The molecule has 0 saturated heterocycles. The summed E-state index contributed by atoms with van der Waals surface area (Å²) in [4.78, 5) is 0. The van der Waals surface area contributed by atoms with E-state index in [1.807, 2.05) is 18.2 Å². The molecule has 1 aromatic rings. The summed E-state index contributed by atoms with van der Waals surface area (Å²) in [5.41, 5.74) is 6.75. The predicted molar refractivity (Wildman–Crippen MR) is 62.3 cm³/mol. The molecular weight excluding hydrogens is 194 g/mol. The average Bonchev–Trinajstić information content (AvgIpc) is 2.25. The maximum atomic E-state index is 9.06. The van der Waals surface area contributed by atoms with Crippen LogP contribution in [0.4, 0.5) is 0 Å². The van der Waals surface area contributed by atoms with Gasteiger partial charge in [0.25, 0.3) is 0 Å². The minimum atomic E-state index is 0.217. The van der Waals surface area contributed by atoms with E-state index in [1.165, 1.54) is 5.56 Å². The lowest BCUT2D eigenvalue weighted by Gasteiger charge is -2.12. The van der Waals surface area contributed by atoms with Crippen molar-refractivity contribution >= 4 is 11.8 Å². The van der Waals surface area contributed by atoms with E-state index in [2.05, 4.69) is 12.1 Å². The number of rotatable bonds is 6. The van der Waals surface area contributed by atoms with E-state index >= 15 is 0 Å². The summed E-state index contributed by atoms with van der Waals surface area (Å²) in [6, 6.07) is 10.3. The molecule has 3 heteroatoms. The number of aliphatic hydroxyl groups is 1. The van der Waals surface area contributed by atoms with Crippen LogP contribution in [0.5, 0.6) is 0 Å². The molecule has 1 atom stereocenters. The van der Waals surface area contributed by atoms with Crippen molar-refractivity contribution < 1.29 is 5.11 Å². The van der Waals surface area contributed by atoms with Crippen LogP contribution >= 0.6 is 11.8 Å². The Morgan fingerprint density at radius 3 is 2.57 bits per heavy atom. The van der Waals surface area contributed by atoms with Gasteiger partial charge in [-0.2, -0.15) is 11.8 Å². The Kier molecular flexibility index (Phi) is 5.68. The zero-order valence-electron chi connectivity index (χ0n) is 8.23. The van der Waals surface area contributed by atoms with Crippen molar-refractivity contribution in [1.82, 2.24) is 0 Å². The largest absolute Gasteiger partial charge is 0.395 e. The molecule has 0 saturated carbocycles. The smallest absolute Gasteiger partial charge is 0.0550 e. The van der Waals surface area contributed by atoms with E-state index in [9.17, 15) is 0 Å². The van der Waals surface area contributed by atoms with Crippen molar-refractivity contribution in [1.29, 1.82) is 0 Å². The van der Waals surface area contributed by atoms with Gasteiger partial charge in [-0.3, -0.25) is 0 Å². The first-order valence-corrected chi connectivity index (χ1v) is 5.88. The van der Waals surface area contributed by atoms with Crippen LogP contribution in [0.1, 0.15) is 12.0 Å². The van der Waals surface area contributed by atoms with Crippen LogP contribution in [-0.4, -0.2) is 23.5 Å². The van der Waals surface area contributed by atoms with Crippen molar-refractivity contribution in [3.05, 3.63) is 35.9 Å². The van der Waals surface area contributed by atoms with E-state index in [0.29, 0.717) is 6.54 Å².